The van der Waals surface area contributed by atoms with E-state index in [-0.39, 0.29) is 17.4 Å². The fraction of sp³-hybridized carbons (Fsp3) is 0.111. The molecule has 0 fully saturated rings. The minimum Gasteiger partial charge on any atom is -0.481 e. The van der Waals surface area contributed by atoms with Crippen molar-refractivity contribution in [2.75, 3.05) is 12.4 Å². The van der Waals surface area contributed by atoms with Crippen LogP contribution in [-0.4, -0.2) is 18.0 Å². The van der Waals surface area contributed by atoms with E-state index in [2.05, 4.69) is 10.3 Å². The first kappa shape index (κ1) is 18.4. The number of nitrogens with zero attached hydrogens (tertiary/aromatic N) is 1. The van der Waals surface area contributed by atoms with E-state index >= 15 is 0 Å². The molecule has 2 aromatic carbocycles. The van der Waals surface area contributed by atoms with E-state index in [4.69, 9.17) is 21.5 Å². The SMILES string of the molecule is COc1nccc2c(SN)cc(NC(=O)Cc3ccc(F)cc3Cl)cc12. The number of pyridine rings is 1. The first-order chi connectivity index (χ1) is 12.5. The Labute approximate surface area is 158 Å². The maximum absolute atomic E-state index is 13.1. The van der Waals surface area contributed by atoms with Crippen LogP contribution < -0.4 is 15.2 Å². The zero-order valence-electron chi connectivity index (χ0n) is 13.8. The molecule has 0 spiro atoms. The topological polar surface area (TPSA) is 77.2 Å². The van der Waals surface area contributed by atoms with Crippen LogP contribution in [0, 0.1) is 5.82 Å². The van der Waals surface area contributed by atoms with Gasteiger partial charge in [-0.2, -0.15) is 0 Å². The molecule has 0 atom stereocenters. The number of aromatic nitrogens is 1. The summed E-state index contributed by atoms with van der Waals surface area (Å²) in [4.78, 5) is 17.3. The van der Waals surface area contributed by atoms with E-state index in [1.807, 2.05) is 6.07 Å². The number of methoxy groups -OCH3 is 1. The lowest BCUT2D eigenvalue weighted by Gasteiger charge is -2.12. The molecule has 3 N–H and O–H groups in total. The van der Waals surface area contributed by atoms with Crippen LogP contribution in [0.25, 0.3) is 10.8 Å². The maximum atomic E-state index is 13.1. The lowest BCUT2D eigenvalue weighted by molar-refractivity contribution is -0.115. The van der Waals surface area contributed by atoms with Gasteiger partial charge in [0.05, 0.1) is 13.5 Å². The Hall–Kier alpha value is -2.35. The van der Waals surface area contributed by atoms with Gasteiger partial charge in [-0.3, -0.25) is 9.93 Å². The van der Waals surface area contributed by atoms with Crippen molar-refractivity contribution in [3.63, 3.8) is 0 Å². The number of rotatable bonds is 5. The molecule has 3 aromatic rings. The summed E-state index contributed by atoms with van der Waals surface area (Å²) in [6, 6.07) is 9.31. The number of nitrogens with one attached hydrogen (secondary N) is 1. The fourth-order valence-corrected chi connectivity index (χ4v) is 3.33. The highest BCUT2D eigenvalue weighted by molar-refractivity contribution is 7.97. The number of carbonyl (C=O) groups is 1. The summed E-state index contributed by atoms with van der Waals surface area (Å²) in [5, 5.41) is 10.4. The Kier molecular flexibility index (Phi) is 5.61. The number of fused-ring (bicyclic) bond motifs is 1. The molecule has 8 heteroatoms. The number of nitrogens with two attached hydrogens (primary N) is 1. The third-order valence-corrected chi connectivity index (χ3v) is 4.72. The van der Waals surface area contributed by atoms with Gasteiger partial charge in [0, 0.05) is 32.6 Å². The Morgan fingerprint density at radius 3 is 2.81 bits per heavy atom. The lowest BCUT2D eigenvalue weighted by atomic mass is 10.1. The highest BCUT2D eigenvalue weighted by atomic mass is 35.5. The largest absolute Gasteiger partial charge is 0.481 e. The Morgan fingerprint density at radius 2 is 2.12 bits per heavy atom. The third kappa shape index (κ3) is 3.90. The van der Waals surface area contributed by atoms with Gasteiger partial charge in [0.2, 0.25) is 11.8 Å². The summed E-state index contributed by atoms with van der Waals surface area (Å²) in [5.74, 6) is -0.290. The van der Waals surface area contributed by atoms with Gasteiger partial charge in [0.1, 0.15) is 5.82 Å². The number of hydrogen-bond acceptors (Lipinski definition) is 5. The van der Waals surface area contributed by atoms with Gasteiger partial charge in [0.25, 0.3) is 0 Å². The van der Waals surface area contributed by atoms with Gasteiger partial charge < -0.3 is 10.1 Å². The van der Waals surface area contributed by atoms with Crippen molar-refractivity contribution in [3.8, 4) is 5.88 Å². The third-order valence-electron chi connectivity index (χ3n) is 3.78. The molecule has 0 saturated carbocycles. The summed E-state index contributed by atoms with van der Waals surface area (Å²) < 4.78 is 18.4. The second kappa shape index (κ2) is 7.90. The van der Waals surface area contributed by atoms with Gasteiger partial charge in [-0.25, -0.2) is 9.37 Å². The van der Waals surface area contributed by atoms with Crippen molar-refractivity contribution in [2.45, 2.75) is 11.3 Å². The molecule has 0 aliphatic heterocycles. The number of ether oxygens (including phenoxy) is 1. The van der Waals surface area contributed by atoms with E-state index < -0.39 is 5.82 Å². The summed E-state index contributed by atoms with van der Waals surface area (Å²) in [6.45, 7) is 0. The summed E-state index contributed by atoms with van der Waals surface area (Å²) >= 11 is 7.05. The molecule has 1 amide bonds. The Bertz CT molecular complexity index is 984. The molecule has 1 aromatic heterocycles. The molecule has 26 heavy (non-hydrogen) atoms. The van der Waals surface area contributed by atoms with Gasteiger partial charge >= 0.3 is 0 Å². The Morgan fingerprint density at radius 1 is 1.31 bits per heavy atom. The van der Waals surface area contributed by atoms with E-state index in [1.54, 1.807) is 18.3 Å². The normalized spacial score (nSPS) is 10.8. The summed E-state index contributed by atoms with van der Waals surface area (Å²) in [7, 11) is 1.53. The smallest absolute Gasteiger partial charge is 0.228 e. The fourth-order valence-electron chi connectivity index (χ4n) is 2.60. The van der Waals surface area contributed by atoms with Crippen molar-refractivity contribution < 1.29 is 13.9 Å². The van der Waals surface area contributed by atoms with Crippen LogP contribution in [0.5, 0.6) is 5.88 Å². The van der Waals surface area contributed by atoms with Crippen LogP contribution in [0.2, 0.25) is 5.02 Å². The van der Waals surface area contributed by atoms with E-state index in [1.165, 1.54) is 25.3 Å². The van der Waals surface area contributed by atoms with Crippen molar-refractivity contribution in [1.29, 1.82) is 0 Å². The average Bonchev–Trinajstić information content (AvgIpc) is 2.62. The monoisotopic (exact) mass is 391 g/mol. The highest BCUT2D eigenvalue weighted by Crippen LogP contribution is 2.33. The van der Waals surface area contributed by atoms with Crippen molar-refractivity contribution in [2.24, 2.45) is 5.14 Å². The molecule has 0 saturated heterocycles. The lowest BCUT2D eigenvalue weighted by Crippen LogP contribution is -2.15. The molecule has 0 aliphatic rings. The molecule has 134 valence electrons. The molecule has 0 unspecified atom stereocenters. The van der Waals surface area contributed by atoms with Crippen molar-refractivity contribution in [3.05, 3.63) is 59.0 Å². The van der Waals surface area contributed by atoms with Gasteiger partial charge in [-0.05, 0) is 47.8 Å². The number of benzene rings is 2. The van der Waals surface area contributed by atoms with E-state index in [0.717, 1.165) is 27.6 Å². The van der Waals surface area contributed by atoms with Gasteiger partial charge in [-0.15, -0.1) is 0 Å². The predicted octanol–water partition coefficient (Wildman–Crippen LogP) is 4.18. The second-order valence-electron chi connectivity index (χ2n) is 5.47. The van der Waals surface area contributed by atoms with Crippen LogP contribution in [0.3, 0.4) is 0 Å². The highest BCUT2D eigenvalue weighted by Gasteiger charge is 2.12. The molecular formula is C18H15ClFN3O2S. The molecule has 1 heterocycles. The quantitative estimate of drug-likeness (QED) is 0.638. The van der Waals surface area contributed by atoms with Crippen LogP contribution in [0.4, 0.5) is 10.1 Å². The minimum atomic E-state index is -0.446. The van der Waals surface area contributed by atoms with Crippen LogP contribution in [-0.2, 0) is 11.2 Å². The second-order valence-corrected chi connectivity index (χ2v) is 6.55. The predicted molar refractivity (Wildman–Crippen MR) is 102 cm³/mol. The molecule has 0 aliphatic carbocycles. The standard InChI is InChI=1S/C18H15ClFN3O2S/c1-25-18-14-8-12(9-16(26-21)13(14)4-5-22-18)23-17(24)6-10-2-3-11(20)7-15(10)19/h2-5,7-9H,6,21H2,1H3,(H,23,24). The van der Waals surface area contributed by atoms with Crippen molar-refractivity contribution >= 4 is 45.9 Å². The van der Waals surface area contributed by atoms with Crippen LogP contribution in [0.1, 0.15) is 5.56 Å². The number of hydrogen-bond donors (Lipinski definition) is 2. The molecular weight excluding hydrogens is 377 g/mol. The number of halogens is 2. The molecule has 0 bridgehead atoms. The number of anilines is 1. The summed E-state index contributed by atoms with van der Waals surface area (Å²) in [6.07, 6.45) is 1.65. The average molecular weight is 392 g/mol. The van der Waals surface area contributed by atoms with Gasteiger partial charge in [-0.1, -0.05) is 17.7 Å². The number of carbonyl (C=O) groups excluding carboxylic acids is 1. The van der Waals surface area contributed by atoms with Crippen LogP contribution in [0.15, 0.2) is 47.5 Å². The molecule has 3 rings (SSSR count). The maximum Gasteiger partial charge on any atom is 0.228 e. The van der Waals surface area contributed by atoms with Crippen LogP contribution >= 0.6 is 23.5 Å². The molecule has 0 radical (unpaired) electrons. The zero-order chi connectivity index (χ0) is 18.7. The summed E-state index contributed by atoms with van der Waals surface area (Å²) in [5.41, 5.74) is 1.10. The van der Waals surface area contributed by atoms with Gasteiger partial charge in [0.15, 0.2) is 0 Å². The zero-order valence-corrected chi connectivity index (χ0v) is 15.3. The van der Waals surface area contributed by atoms with E-state index in [9.17, 15) is 9.18 Å². The number of amides is 1. The first-order valence-corrected chi connectivity index (χ1v) is 8.85. The Balaban J connectivity index is 1.89. The van der Waals surface area contributed by atoms with E-state index in [0.29, 0.717) is 17.1 Å². The molecule has 5 nitrogen and oxygen atoms in total. The van der Waals surface area contributed by atoms with Crippen molar-refractivity contribution in [1.82, 2.24) is 4.98 Å². The minimum absolute atomic E-state index is 0.0203. The first-order valence-electron chi connectivity index (χ1n) is 7.59.